The summed E-state index contributed by atoms with van der Waals surface area (Å²) in [5, 5.41) is 12.5. The van der Waals surface area contributed by atoms with Crippen molar-refractivity contribution < 1.29 is 10.4 Å². The predicted molar refractivity (Wildman–Crippen MR) is 81.9 cm³/mol. The Morgan fingerprint density at radius 2 is 2.00 bits per heavy atom. The number of rotatable bonds is 1. The fourth-order valence-electron chi connectivity index (χ4n) is 3.00. The standard InChI is InChI=1S/C15H17N3O2S/c1-17-13(19)11(14(20)18(2)15(17)21)12-10-6-4-3-5-9(10)7-8-16-12/h3-6,12,16,19H,7-8H2,1-2H3/p+1/t12-/m0/s1. The number of quaternary nitrogens is 1. The van der Waals surface area contributed by atoms with E-state index in [1.54, 1.807) is 14.1 Å². The predicted octanol–water partition coefficient (Wildman–Crippen LogP) is 0.368. The molecule has 0 unspecified atom stereocenters. The van der Waals surface area contributed by atoms with E-state index in [4.69, 9.17) is 12.2 Å². The van der Waals surface area contributed by atoms with E-state index in [-0.39, 0.29) is 17.5 Å². The highest BCUT2D eigenvalue weighted by atomic mass is 32.1. The lowest BCUT2D eigenvalue weighted by Crippen LogP contribution is -2.87. The van der Waals surface area contributed by atoms with Crippen molar-refractivity contribution in [3.8, 4) is 5.88 Å². The second-order valence-electron chi connectivity index (χ2n) is 5.39. The first kappa shape index (κ1) is 14.0. The van der Waals surface area contributed by atoms with Gasteiger partial charge in [-0.05, 0) is 17.8 Å². The summed E-state index contributed by atoms with van der Waals surface area (Å²) < 4.78 is 3.21. The third kappa shape index (κ3) is 2.11. The molecule has 1 atom stereocenters. The largest absolute Gasteiger partial charge is 0.494 e. The fourth-order valence-corrected chi connectivity index (χ4v) is 3.17. The van der Waals surface area contributed by atoms with Crippen molar-refractivity contribution in [1.82, 2.24) is 9.13 Å². The topological polar surface area (TPSA) is 63.8 Å². The van der Waals surface area contributed by atoms with Crippen LogP contribution in [0.2, 0.25) is 0 Å². The van der Waals surface area contributed by atoms with Crippen molar-refractivity contribution in [2.75, 3.05) is 6.54 Å². The van der Waals surface area contributed by atoms with Gasteiger partial charge in [0.25, 0.3) is 5.56 Å². The SMILES string of the molecule is Cn1c(O)c([C@H]2[NH2+]CCc3ccccc32)c(=O)n(C)c1=S. The number of aromatic nitrogens is 2. The molecule has 6 heteroatoms. The lowest BCUT2D eigenvalue weighted by molar-refractivity contribution is -0.690. The Kier molecular flexibility index (Phi) is 3.43. The van der Waals surface area contributed by atoms with Crippen molar-refractivity contribution in [3.63, 3.8) is 0 Å². The van der Waals surface area contributed by atoms with Crippen molar-refractivity contribution in [2.45, 2.75) is 12.5 Å². The van der Waals surface area contributed by atoms with E-state index in [1.165, 1.54) is 14.7 Å². The molecule has 1 aromatic carbocycles. The van der Waals surface area contributed by atoms with E-state index in [9.17, 15) is 9.90 Å². The molecule has 21 heavy (non-hydrogen) atoms. The van der Waals surface area contributed by atoms with Crippen LogP contribution in [0.25, 0.3) is 0 Å². The maximum atomic E-state index is 12.6. The zero-order valence-electron chi connectivity index (χ0n) is 12.0. The molecule has 0 saturated heterocycles. The van der Waals surface area contributed by atoms with Crippen LogP contribution < -0.4 is 10.9 Å². The summed E-state index contributed by atoms with van der Waals surface area (Å²) in [6, 6.07) is 7.89. The molecule has 0 saturated carbocycles. The molecule has 2 aromatic rings. The molecule has 3 rings (SSSR count). The van der Waals surface area contributed by atoms with Gasteiger partial charge in [0.05, 0.1) is 6.54 Å². The number of hydrogen-bond donors (Lipinski definition) is 2. The van der Waals surface area contributed by atoms with Gasteiger partial charge in [0.15, 0.2) is 4.77 Å². The van der Waals surface area contributed by atoms with Crippen LogP contribution in [0.4, 0.5) is 0 Å². The summed E-state index contributed by atoms with van der Waals surface area (Å²) in [6.07, 6.45) is 0.971. The van der Waals surface area contributed by atoms with Gasteiger partial charge < -0.3 is 10.4 Å². The summed E-state index contributed by atoms with van der Waals surface area (Å²) in [6.45, 7) is 0.892. The molecule has 0 amide bonds. The molecule has 5 nitrogen and oxygen atoms in total. The second kappa shape index (κ2) is 5.13. The normalized spacial score (nSPS) is 17.5. The van der Waals surface area contributed by atoms with Gasteiger partial charge in [0.1, 0.15) is 11.6 Å². The lowest BCUT2D eigenvalue weighted by atomic mass is 9.90. The number of nitrogens with zero attached hydrogens (tertiary/aromatic N) is 2. The summed E-state index contributed by atoms with van der Waals surface area (Å²) in [7, 11) is 3.32. The summed E-state index contributed by atoms with van der Waals surface area (Å²) in [4.78, 5) is 12.6. The van der Waals surface area contributed by atoms with E-state index >= 15 is 0 Å². The van der Waals surface area contributed by atoms with Crippen LogP contribution in [-0.2, 0) is 20.5 Å². The number of benzene rings is 1. The molecule has 3 N–H and O–H groups in total. The van der Waals surface area contributed by atoms with Gasteiger partial charge in [-0.15, -0.1) is 0 Å². The molecule has 2 heterocycles. The third-order valence-electron chi connectivity index (χ3n) is 4.18. The first-order valence-corrected chi connectivity index (χ1v) is 7.33. The lowest BCUT2D eigenvalue weighted by Gasteiger charge is -2.25. The zero-order valence-corrected chi connectivity index (χ0v) is 12.9. The van der Waals surface area contributed by atoms with E-state index in [0.717, 1.165) is 18.5 Å². The fraction of sp³-hybridized carbons (Fsp3) is 0.333. The van der Waals surface area contributed by atoms with Gasteiger partial charge in [-0.1, -0.05) is 24.3 Å². The second-order valence-corrected chi connectivity index (χ2v) is 5.76. The van der Waals surface area contributed by atoms with Gasteiger partial charge in [-0.2, -0.15) is 0 Å². The number of nitrogens with two attached hydrogens (primary N) is 1. The maximum absolute atomic E-state index is 12.6. The van der Waals surface area contributed by atoms with E-state index < -0.39 is 0 Å². The maximum Gasteiger partial charge on any atom is 0.267 e. The number of aromatic hydroxyl groups is 1. The first-order chi connectivity index (χ1) is 10.0. The Morgan fingerprint density at radius 1 is 1.29 bits per heavy atom. The minimum Gasteiger partial charge on any atom is -0.494 e. The highest BCUT2D eigenvalue weighted by Gasteiger charge is 2.31. The molecule has 0 aliphatic carbocycles. The number of fused-ring (bicyclic) bond motifs is 1. The van der Waals surface area contributed by atoms with Crippen LogP contribution in [0, 0.1) is 4.77 Å². The molecular weight excluding hydrogens is 286 g/mol. The Balaban J connectivity index is 2.29. The van der Waals surface area contributed by atoms with Crippen LogP contribution >= 0.6 is 12.2 Å². The highest BCUT2D eigenvalue weighted by molar-refractivity contribution is 7.71. The molecule has 0 fully saturated rings. The molecule has 1 aliphatic rings. The van der Waals surface area contributed by atoms with Gasteiger partial charge in [-0.25, -0.2) is 0 Å². The van der Waals surface area contributed by atoms with Crippen molar-refractivity contribution in [1.29, 1.82) is 0 Å². The smallest absolute Gasteiger partial charge is 0.267 e. The molecule has 0 spiro atoms. The molecular formula is C15H18N3O2S+. The minimum atomic E-state index is -0.228. The quantitative estimate of drug-likeness (QED) is 0.748. The third-order valence-corrected chi connectivity index (χ3v) is 4.73. The van der Waals surface area contributed by atoms with Crippen molar-refractivity contribution >= 4 is 12.2 Å². The van der Waals surface area contributed by atoms with Crippen molar-refractivity contribution in [2.24, 2.45) is 14.1 Å². The summed E-state index contributed by atoms with van der Waals surface area (Å²) in [5.41, 5.74) is 2.50. The van der Waals surface area contributed by atoms with Crippen molar-refractivity contribution in [3.05, 3.63) is 56.1 Å². The van der Waals surface area contributed by atoms with E-state index in [0.29, 0.717) is 10.3 Å². The Morgan fingerprint density at radius 3 is 2.76 bits per heavy atom. The average Bonchev–Trinajstić information content (AvgIpc) is 2.51. The van der Waals surface area contributed by atoms with Crippen LogP contribution in [0.1, 0.15) is 22.7 Å². The number of hydrogen-bond acceptors (Lipinski definition) is 3. The van der Waals surface area contributed by atoms with Gasteiger partial charge in [0, 0.05) is 26.1 Å². The molecule has 1 aliphatic heterocycles. The van der Waals surface area contributed by atoms with E-state index in [1.807, 2.05) is 18.2 Å². The average molecular weight is 304 g/mol. The van der Waals surface area contributed by atoms with Gasteiger partial charge >= 0.3 is 0 Å². The first-order valence-electron chi connectivity index (χ1n) is 6.92. The Hall–Kier alpha value is -1.92. The van der Waals surface area contributed by atoms with Crippen LogP contribution in [0.15, 0.2) is 29.1 Å². The molecule has 110 valence electrons. The van der Waals surface area contributed by atoms with Crippen LogP contribution in [0.5, 0.6) is 5.88 Å². The van der Waals surface area contributed by atoms with E-state index in [2.05, 4.69) is 11.4 Å². The van der Waals surface area contributed by atoms with Crippen LogP contribution in [0.3, 0.4) is 0 Å². The minimum absolute atomic E-state index is 0.0407. The summed E-state index contributed by atoms with van der Waals surface area (Å²) in [5.74, 6) is -0.0407. The monoisotopic (exact) mass is 304 g/mol. The zero-order chi connectivity index (χ0) is 15.1. The molecule has 1 aromatic heterocycles. The summed E-state index contributed by atoms with van der Waals surface area (Å²) >= 11 is 5.16. The van der Waals surface area contributed by atoms with Crippen LogP contribution in [-0.4, -0.2) is 20.8 Å². The van der Waals surface area contributed by atoms with Gasteiger partial charge in [-0.3, -0.25) is 13.9 Å². The Labute approximate surface area is 127 Å². The molecule has 0 radical (unpaired) electrons. The van der Waals surface area contributed by atoms with Gasteiger partial charge in [0.2, 0.25) is 5.88 Å². The Bertz CT molecular complexity index is 823. The molecule has 0 bridgehead atoms. The highest BCUT2D eigenvalue weighted by Crippen LogP contribution is 2.27.